The number of rotatable bonds is 2. The Morgan fingerprint density at radius 2 is 1.62 bits per heavy atom. The van der Waals surface area contributed by atoms with Gasteiger partial charge in [-0.05, 0) is 24.3 Å². The minimum Gasteiger partial charge on any atom is -0.368 e. The van der Waals surface area contributed by atoms with Crippen LogP contribution in [0.15, 0.2) is 60.8 Å². The molecular formula is C18H12FN5. The molecule has 0 bridgehead atoms. The first-order valence-corrected chi connectivity index (χ1v) is 7.32. The normalized spacial score (nSPS) is 10.9. The van der Waals surface area contributed by atoms with Crippen molar-refractivity contribution in [1.82, 2.24) is 19.9 Å². The molecule has 0 aliphatic carbocycles. The van der Waals surface area contributed by atoms with Crippen LogP contribution in [-0.4, -0.2) is 19.9 Å². The summed E-state index contributed by atoms with van der Waals surface area (Å²) >= 11 is 0. The van der Waals surface area contributed by atoms with Gasteiger partial charge in [0.25, 0.3) is 0 Å². The number of anilines is 1. The van der Waals surface area contributed by atoms with E-state index in [-0.39, 0.29) is 5.95 Å². The third-order valence-corrected chi connectivity index (χ3v) is 3.63. The number of aromatic nitrogens is 4. The van der Waals surface area contributed by atoms with Crippen molar-refractivity contribution < 1.29 is 4.39 Å². The van der Waals surface area contributed by atoms with Crippen LogP contribution in [0.4, 0.5) is 10.3 Å². The second-order valence-corrected chi connectivity index (χ2v) is 5.23. The molecule has 0 saturated heterocycles. The summed E-state index contributed by atoms with van der Waals surface area (Å²) in [7, 11) is 0. The molecule has 0 aliphatic rings. The fourth-order valence-corrected chi connectivity index (χ4v) is 2.52. The van der Waals surface area contributed by atoms with E-state index in [0.29, 0.717) is 28.0 Å². The van der Waals surface area contributed by atoms with Crippen LogP contribution >= 0.6 is 0 Å². The maximum atomic E-state index is 13.0. The Kier molecular flexibility index (Phi) is 3.35. The first-order valence-electron chi connectivity index (χ1n) is 7.32. The molecular weight excluding hydrogens is 305 g/mol. The minimum atomic E-state index is -0.527. The number of hydrogen-bond donors (Lipinski definition) is 1. The lowest BCUT2D eigenvalue weighted by Crippen LogP contribution is -2.00. The zero-order chi connectivity index (χ0) is 16.5. The first-order chi connectivity index (χ1) is 11.7. The Balaban J connectivity index is 1.95. The highest BCUT2D eigenvalue weighted by Gasteiger charge is 2.11. The Hall–Kier alpha value is -3.41. The topological polar surface area (TPSA) is 77.6 Å². The molecule has 0 unspecified atom stereocenters. The lowest BCUT2D eigenvalue weighted by molar-refractivity contribution is 0.584. The summed E-state index contributed by atoms with van der Waals surface area (Å²) in [5.41, 5.74) is 10.1. The minimum absolute atomic E-state index is 0.194. The highest BCUT2D eigenvalue weighted by molar-refractivity contribution is 5.91. The van der Waals surface area contributed by atoms with Crippen molar-refractivity contribution in [3.05, 3.63) is 66.7 Å². The van der Waals surface area contributed by atoms with Crippen molar-refractivity contribution >= 4 is 17.0 Å². The predicted octanol–water partition coefficient (Wildman–Crippen LogP) is 3.48. The van der Waals surface area contributed by atoms with Crippen molar-refractivity contribution in [3.63, 3.8) is 0 Å². The summed E-state index contributed by atoms with van der Waals surface area (Å²) in [5, 5.41) is 0. The van der Waals surface area contributed by atoms with Crippen LogP contribution in [0.1, 0.15) is 0 Å². The van der Waals surface area contributed by atoms with Crippen LogP contribution in [0.3, 0.4) is 0 Å². The molecule has 24 heavy (non-hydrogen) atoms. The van der Waals surface area contributed by atoms with Crippen molar-refractivity contribution in [2.75, 3.05) is 5.73 Å². The van der Waals surface area contributed by atoms with Gasteiger partial charge in [-0.25, -0.2) is 19.9 Å². The zero-order valence-electron chi connectivity index (χ0n) is 12.5. The van der Waals surface area contributed by atoms with Gasteiger partial charge in [-0.1, -0.05) is 30.3 Å². The van der Waals surface area contributed by atoms with Crippen LogP contribution in [0.2, 0.25) is 0 Å². The average molecular weight is 317 g/mol. The Labute approximate surface area is 137 Å². The standard InChI is InChI=1S/C18H12FN5/c19-15-9-6-12(10-21-15)13-7-8-14-17(22-13)16(24-18(20)23-14)11-4-2-1-3-5-11/h1-10H,(H2,20,23,24). The number of hydrogen-bond acceptors (Lipinski definition) is 5. The SMILES string of the molecule is Nc1nc(-c2ccccc2)c2nc(-c3ccc(F)nc3)ccc2n1. The van der Waals surface area contributed by atoms with E-state index in [1.54, 1.807) is 12.1 Å². The van der Waals surface area contributed by atoms with E-state index < -0.39 is 5.95 Å². The Morgan fingerprint density at radius 3 is 2.38 bits per heavy atom. The van der Waals surface area contributed by atoms with Gasteiger partial charge in [0.1, 0.15) is 11.2 Å². The van der Waals surface area contributed by atoms with Crippen LogP contribution in [0.25, 0.3) is 33.5 Å². The zero-order valence-corrected chi connectivity index (χ0v) is 12.5. The molecule has 0 atom stereocenters. The van der Waals surface area contributed by atoms with Crippen molar-refractivity contribution in [2.45, 2.75) is 0 Å². The number of pyridine rings is 2. The number of fused-ring (bicyclic) bond motifs is 1. The summed E-state index contributed by atoms with van der Waals surface area (Å²) in [5.74, 6) is -0.333. The van der Waals surface area contributed by atoms with Crippen LogP contribution in [0, 0.1) is 5.95 Å². The van der Waals surface area contributed by atoms with Crippen LogP contribution in [-0.2, 0) is 0 Å². The molecule has 3 aromatic heterocycles. The van der Waals surface area contributed by atoms with E-state index in [1.165, 1.54) is 12.3 Å². The summed E-state index contributed by atoms with van der Waals surface area (Å²) in [6.45, 7) is 0. The van der Waals surface area contributed by atoms with E-state index >= 15 is 0 Å². The third-order valence-electron chi connectivity index (χ3n) is 3.63. The molecule has 1 aromatic carbocycles. The smallest absolute Gasteiger partial charge is 0.221 e. The van der Waals surface area contributed by atoms with E-state index in [0.717, 1.165) is 5.56 Å². The van der Waals surface area contributed by atoms with Crippen molar-refractivity contribution in [1.29, 1.82) is 0 Å². The maximum absolute atomic E-state index is 13.0. The second kappa shape index (κ2) is 5.66. The van der Waals surface area contributed by atoms with Gasteiger partial charge in [0, 0.05) is 17.3 Å². The quantitative estimate of drug-likeness (QED) is 0.573. The molecule has 4 aromatic rings. The molecule has 0 fully saturated rings. The largest absolute Gasteiger partial charge is 0.368 e. The van der Waals surface area contributed by atoms with Crippen molar-refractivity contribution in [2.24, 2.45) is 0 Å². The van der Waals surface area contributed by atoms with Gasteiger partial charge in [0.05, 0.1) is 11.2 Å². The molecule has 0 saturated carbocycles. The Bertz CT molecular complexity index is 1020. The van der Waals surface area contributed by atoms with E-state index in [9.17, 15) is 4.39 Å². The van der Waals surface area contributed by atoms with E-state index in [4.69, 9.17) is 5.73 Å². The van der Waals surface area contributed by atoms with Gasteiger partial charge < -0.3 is 5.73 Å². The summed E-state index contributed by atoms with van der Waals surface area (Å²) in [6.07, 6.45) is 1.45. The van der Waals surface area contributed by atoms with Crippen molar-refractivity contribution in [3.8, 4) is 22.5 Å². The molecule has 116 valence electrons. The maximum Gasteiger partial charge on any atom is 0.221 e. The molecule has 3 heterocycles. The fourth-order valence-electron chi connectivity index (χ4n) is 2.52. The summed E-state index contributed by atoms with van der Waals surface area (Å²) in [4.78, 5) is 16.9. The van der Waals surface area contributed by atoms with Gasteiger partial charge >= 0.3 is 0 Å². The first kappa shape index (κ1) is 14.2. The Morgan fingerprint density at radius 1 is 0.792 bits per heavy atom. The highest BCUT2D eigenvalue weighted by atomic mass is 19.1. The monoisotopic (exact) mass is 317 g/mol. The third kappa shape index (κ3) is 2.54. The van der Waals surface area contributed by atoms with Gasteiger partial charge in [-0.2, -0.15) is 4.39 Å². The summed E-state index contributed by atoms with van der Waals surface area (Å²) < 4.78 is 13.0. The van der Waals surface area contributed by atoms with Crippen LogP contribution in [0.5, 0.6) is 0 Å². The molecule has 2 N–H and O–H groups in total. The van der Waals surface area contributed by atoms with E-state index in [2.05, 4.69) is 19.9 Å². The van der Waals surface area contributed by atoms with Crippen LogP contribution < -0.4 is 5.73 Å². The number of benzene rings is 1. The molecule has 0 amide bonds. The van der Waals surface area contributed by atoms with Gasteiger partial charge in [0.15, 0.2) is 0 Å². The summed E-state index contributed by atoms with van der Waals surface area (Å²) in [6, 6.07) is 16.2. The van der Waals surface area contributed by atoms with E-state index in [1.807, 2.05) is 36.4 Å². The number of nitrogen functional groups attached to an aromatic ring is 1. The number of halogens is 1. The fraction of sp³-hybridized carbons (Fsp3) is 0. The van der Waals surface area contributed by atoms with Gasteiger partial charge in [-0.3, -0.25) is 0 Å². The van der Waals surface area contributed by atoms with Gasteiger partial charge in [0.2, 0.25) is 11.9 Å². The lowest BCUT2D eigenvalue weighted by atomic mass is 10.1. The number of nitrogens with zero attached hydrogens (tertiary/aromatic N) is 4. The number of nitrogens with two attached hydrogens (primary N) is 1. The highest BCUT2D eigenvalue weighted by Crippen LogP contribution is 2.27. The molecule has 0 radical (unpaired) electrons. The predicted molar refractivity (Wildman–Crippen MR) is 90.4 cm³/mol. The molecule has 0 spiro atoms. The molecule has 0 aliphatic heterocycles. The average Bonchev–Trinajstić information content (AvgIpc) is 2.62. The molecule has 5 nitrogen and oxygen atoms in total. The molecule has 6 heteroatoms. The molecule has 4 rings (SSSR count). The lowest BCUT2D eigenvalue weighted by Gasteiger charge is -2.08. The van der Waals surface area contributed by atoms with Gasteiger partial charge in [-0.15, -0.1) is 0 Å². The second-order valence-electron chi connectivity index (χ2n) is 5.23.